The van der Waals surface area contributed by atoms with Crippen molar-refractivity contribution in [2.24, 2.45) is 23.7 Å². The number of allylic oxidation sites excluding steroid dienone is 4. The van der Waals surface area contributed by atoms with Crippen molar-refractivity contribution in [1.29, 1.82) is 0 Å². The normalized spacial score (nSPS) is 27.0. The highest BCUT2D eigenvalue weighted by molar-refractivity contribution is 5.15. The molecule has 0 heterocycles. The molecule has 0 saturated heterocycles. The largest absolute Gasteiger partial charge is 0.393 e. The predicted molar refractivity (Wildman–Crippen MR) is 118 cm³/mol. The summed E-state index contributed by atoms with van der Waals surface area (Å²) < 4.78 is 0. The Labute approximate surface area is 167 Å². The van der Waals surface area contributed by atoms with Crippen LogP contribution in [0.4, 0.5) is 0 Å². The Balaban J connectivity index is 1.82. The average Bonchev–Trinajstić information content (AvgIpc) is 2.94. The lowest BCUT2D eigenvalue weighted by molar-refractivity contribution is 0.125. The van der Waals surface area contributed by atoms with Gasteiger partial charge in [-0.05, 0) is 67.8 Å². The molecular formula is C26H40O. The standard InChI is InChI=1S/C26H40O/c1-4-5-6-7-8-12-15-25-24(22(3)20-26(25)27)19-17-21(2)16-18-23-13-10-9-11-14-23/h8-14,17,19,21-22,24-27H,4-7,15-16,18,20H2,1-3H3. The highest BCUT2D eigenvalue weighted by Gasteiger charge is 2.37. The molecule has 0 aromatic heterocycles. The fourth-order valence-electron chi connectivity index (χ4n) is 4.37. The van der Waals surface area contributed by atoms with Crippen LogP contribution in [0.3, 0.4) is 0 Å². The second-order valence-corrected chi connectivity index (χ2v) is 8.61. The van der Waals surface area contributed by atoms with E-state index in [1.54, 1.807) is 0 Å². The summed E-state index contributed by atoms with van der Waals surface area (Å²) in [5.74, 6) is 2.07. The Bertz CT molecular complexity index is 559. The highest BCUT2D eigenvalue weighted by Crippen LogP contribution is 2.40. The van der Waals surface area contributed by atoms with Crippen LogP contribution in [0.5, 0.6) is 0 Å². The maximum absolute atomic E-state index is 10.5. The molecule has 0 bridgehead atoms. The van der Waals surface area contributed by atoms with Crippen molar-refractivity contribution in [3.05, 3.63) is 60.2 Å². The van der Waals surface area contributed by atoms with E-state index >= 15 is 0 Å². The van der Waals surface area contributed by atoms with Gasteiger partial charge in [0.1, 0.15) is 0 Å². The topological polar surface area (TPSA) is 20.2 Å². The van der Waals surface area contributed by atoms with Crippen molar-refractivity contribution in [3.8, 4) is 0 Å². The first-order valence-electron chi connectivity index (χ1n) is 11.2. The van der Waals surface area contributed by atoms with Gasteiger partial charge in [-0.3, -0.25) is 0 Å². The number of aryl methyl sites for hydroxylation is 1. The van der Waals surface area contributed by atoms with Crippen LogP contribution >= 0.6 is 0 Å². The minimum Gasteiger partial charge on any atom is -0.393 e. The van der Waals surface area contributed by atoms with Crippen molar-refractivity contribution >= 4 is 0 Å². The van der Waals surface area contributed by atoms with E-state index in [1.165, 1.54) is 37.7 Å². The molecule has 1 N–H and O–H groups in total. The molecule has 1 fully saturated rings. The van der Waals surface area contributed by atoms with Gasteiger partial charge in [-0.15, -0.1) is 0 Å². The lowest BCUT2D eigenvalue weighted by Crippen LogP contribution is -2.18. The van der Waals surface area contributed by atoms with E-state index in [0.29, 0.717) is 23.7 Å². The molecular weight excluding hydrogens is 328 g/mol. The number of hydrogen-bond acceptors (Lipinski definition) is 1. The Kier molecular flexibility index (Phi) is 9.91. The molecule has 0 aliphatic heterocycles. The van der Waals surface area contributed by atoms with E-state index in [1.807, 2.05) is 0 Å². The third-order valence-corrected chi connectivity index (χ3v) is 6.20. The number of aliphatic hydroxyl groups excluding tert-OH is 1. The second-order valence-electron chi connectivity index (χ2n) is 8.61. The van der Waals surface area contributed by atoms with Crippen molar-refractivity contribution in [2.45, 2.75) is 78.2 Å². The molecule has 5 unspecified atom stereocenters. The SMILES string of the molecule is CCCCCC=CCC1C(O)CC(C)C1C=CC(C)CCc1ccccc1. The number of aliphatic hydroxyl groups is 1. The smallest absolute Gasteiger partial charge is 0.0579 e. The zero-order chi connectivity index (χ0) is 19.5. The molecule has 0 amide bonds. The highest BCUT2D eigenvalue weighted by atomic mass is 16.3. The van der Waals surface area contributed by atoms with Gasteiger partial charge < -0.3 is 5.11 Å². The summed E-state index contributed by atoms with van der Waals surface area (Å²) in [5.41, 5.74) is 1.42. The Morgan fingerprint density at radius 2 is 1.93 bits per heavy atom. The molecule has 1 nitrogen and oxygen atoms in total. The van der Waals surface area contributed by atoms with E-state index in [2.05, 4.69) is 75.4 Å². The summed E-state index contributed by atoms with van der Waals surface area (Å²) in [5, 5.41) is 10.5. The minimum atomic E-state index is -0.144. The van der Waals surface area contributed by atoms with E-state index in [9.17, 15) is 5.11 Å². The molecule has 0 spiro atoms. The van der Waals surface area contributed by atoms with Crippen LogP contribution in [-0.4, -0.2) is 11.2 Å². The van der Waals surface area contributed by atoms with Gasteiger partial charge in [-0.25, -0.2) is 0 Å². The van der Waals surface area contributed by atoms with Crippen LogP contribution in [0.1, 0.15) is 71.3 Å². The summed E-state index contributed by atoms with van der Waals surface area (Å²) in [4.78, 5) is 0. The van der Waals surface area contributed by atoms with Gasteiger partial charge in [0.05, 0.1) is 6.10 Å². The van der Waals surface area contributed by atoms with E-state index in [4.69, 9.17) is 0 Å². The van der Waals surface area contributed by atoms with Crippen molar-refractivity contribution in [2.75, 3.05) is 0 Å². The molecule has 2 rings (SSSR count). The van der Waals surface area contributed by atoms with Crippen LogP contribution in [0, 0.1) is 23.7 Å². The summed E-state index contributed by atoms with van der Waals surface area (Å²) in [6, 6.07) is 10.8. The van der Waals surface area contributed by atoms with Crippen LogP contribution in [0.25, 0.3) is 0 Å². The quantitative estimate of drug-likeness (QED) is 0.330. The Morgan fingerprint density at radius 3 is 2.67 bits per heavy atom. The van der Waals surface area contributed by atoms with Crippen LogP contribution in [-0.2, 0) is 6.42 Å². The van der Waals surface area contributed by atoms with Gasteiger partial charge in [-0.2, -0.15) is 0 Å². The molecule has 1 heteroatoms. The second kappa shape index (κ2) is 12.2. The zero-order valence-corrected chi connectivity index (χ0v) is 17.7. The first-order chi connectivity index (χ1) is 13.1. The minimum absolute atomic E-state index is 0.144. The molecule has 27 heavy (non-hydrogen) atoms. The van der Waals surface area contributed by atoms with Gasteiger partial charge >= 0.3 is 0 Å². The lowest BCUT2D eigenvalue weighted by Gasteiger charge is -2.20. The molecule has 1 saturated carbocycles. The van der Waals surface area contributed by atoms with Crippen molar-refractivity contribution in [3.63, 3.8) is 0 Å². The number of rotatable bonds is 11. The maximum atomic E-state index is 10.5. The number of unbranched alkanes of at least 4 members (excludes halogenated alkanes) is 3. The first kappa shape index (κ1) is 22.0. The number of benzene rings is 1. The molecule has 1 aliphatic carbocycles. The van der Waals surface area contributed by atoms with Gasteiger partial charge in [0.25, 0.3) is 0 Å². The van der Waals surface area contributed by atoms with Gasteiger partial charge in [-0.1, -0.05) is 88.2 Å². The van der Waals surface area contributed by atoms with E-state index in [-0.39, 0.29) is 6.10 Å². The fraction of sp³-hybridized carbons (Fsp3) is 0.615. The van der Waals surface area contributed by atoms with Gasteiger partial charge in [0.15, 0.2) is 0 Å². The van der Waals surface area contributed by atoms with E-state index in [0.717, 1.165) is 19.3 Å². The summed E-state index contributed by atoms with van der Waals surface area (Å²) >= 11 is 0. The molecule has 5 atom stereocenters. The summed E-state index contributed by atoms with van der Waals surface area (Å²) in [7, 11) is 0. The summed E-state index contributed by atoms with van der Waals surface area (Å²) in [6.45, 7) is 6.87. The van der Waals surface area contributed by atoms with Gasteiger partial charge in [0.2, 0.25) is 0 Å². The monoisotopic (exact) mass is 368 g/mol. The third kappa shape index (κ3) is 7.66. The average molecular weight is 369 g/mol. The van der Waals surface area contributed by atoms with Crippen LogP contribution in [0.2, 0.25) is 0 Å². The lowest BCUT2D eigenvalue weighted by atomic mass is 9.86. The molecule has 0 radical (unpaired) electrons. The first-order valence-corrected chi connectivity index (χ1v) is 11.2. The molecule has 150 valence electrons. The fourth-order valence-corrected chi connectivity index (χ4v) is 4.37. The van der Waals surface area contributed by atoms with E-state index < -0.39 is 0 Å². The summed E-state index contributed by atoms with van der Waals surface area (Å²) in [6.07, 6.45) is 18.7. The Morgan fingerprint density at radius 1 is 1.15 bits per heavy atom. The van der Waals surface area contributed by atoms with Crippen molar-refractivity contribution < 1.29 is 5.11 Å². The Hall–Kier alpha value is -1.34. The molecule has 1 aromatic carbocycles. The third-order valence-electron chi connectivity index (χ3n) is 6.20. The van der Waals surface area contributed by atoms with Crippen LogP contribution in [0.15, 0.2) is 54.6 Å². The predicted octanol–water partition coefficient (Wildman–Crippen LogP) is 6.97. The molecule has 1 aromatic rings. The molecule has 1 aliphatic rings. The van der Waals surface area contributed by atoms with Crippen molar-refractivity contribution in [1.82, 2.24) is 0 Å². The zero-order valence-electron chi connectivity index (χ0n) is 17.7. The van der Waals surface area contributed by atoms with Gasteiger partial charge in [0, 0.05) is 0 Å². The van der Waals surface area contributed by atoms with Crippen LogP contribution < -0.4 is 0 Å². The number of hydrogen-bond donors (Lipinski definition) is 1. The maximum Gasteiger partial charge on any atom is 0.0579 e.